The van der Waals surface area contributed by atoms with Gasteiger partial charge in [-0.05, 0) is 29.7 Å². The van der Waals surface area contributed by atoms with Crippen LogP contribution in [0.1, 0.15) is 24.0 Å². The van der Waals surface area contributed by atoms with E-state index in [0.717, 1.165) is 0 Å². The summed E-state index contributed by atoms with van der Waals surface area (Å²) in [4.78, 5) is 61.4. The summed E-state index contributed by atoms with van der Waals surface area (Å²) in [5.41, 5.74) is 7.06. The van der Waals surface area contributed by atoms with Crippen molar-refractivity contribution < 1.29 is 39.3 Å². The summed E-state index contributed by atoms with van der Waals surface area (Å²) in [6.45, 7) is 0. The lowest BCUT2D eigenvalue weighted by Gasteiger charge is -2.25. The Morgan fingerprint density at radius 2 is 1.23 bits per heavy atom. The Labute approximate surface area is 230 Å². The number of aromatic hydroxyl groups is 1. The number of hydrogen-bond acceptors (Lipinski definition) is 8. The number of benzene rings is 2. The average molecular weight is 561 g/mol. The second-order valence-corrected chi connectivity index (χ2v) is 9.17. The van der Waals surface area contributed by atoms with Crippen LogP contribution < -0.4 is 21.7 Å². The van der Waals surface area contributed by atoms with Gasteiger partial charge in [0.05, 0.1) is 6.04 Å². The van der Waals surface area contributed by atoms with E-state index in [2.05, 4.69) is 28.6 Å². The minimum Gasteiger partial charge on any atom is -0.508 e. The Morgan fingerprint density at radius 3 is 1.72 bits per heavy atom. The van der Waals surface area contributed by atoms with Crippen molar-refractivity contribution >= 4 is 42.3 Å². The minimum absolute atomic E-state index is 0.00347. The number of amides is 3. The van der Waals surface area contributed by atoms with Crippen molar-refractivity contribution in [2.75, 3.05) is 5.75 Å². The van der Waals surface area contributed by atoms with Crippen LogP contribution in [0.5, 0.6) is 5.75 Å². The van der Waals surface area contributed by atoms with E-state index in [1.165, 1.54) is 12.1 Å². The number of phenolic OH excluding ortho intramolecular Hbond substituents is 1. The highest BCUT2D eigenvalue weighted by Crippen LogP contribution is 2.12. The van der Waals surface area contributed by atoms with Gasteiger partial charge < -0.3 is 37.0 Å². The van der Waals surface area contributed by atoms with E-state index < -0.39 is 53.8 Å². The molecule has 4 atom stereocenters. The third-order valence-corrected chi connectivity index (χ3v) is 6.09. The first-order chi connectivity index (χ1) is 18.5. The van der Waals surface area contributed by atoms with E-state index in [1.54, 1.807) is 42.5 Å². The zero-order valence-electron chi connectivity index (χ0n) is 20.9. The summed E-state index contributed by atoms with van der Waals surface area (Å²) < 4.78 is 0. The van der Waals surface area contributed by atoms with E-state index >= 15 is 0 Å². The predicted molar refractivity (Wildman–Crippen MR) is 144 cm³/mol. The summed E-state index contributed by atoms with van der Waals surface area (Å²) in [5.74, 6) is -4.89. The number of carboxylic acids is 2. The van der Waals surface area contributed by atoms with Crippen molar-refractivity contribution in [2.45, 2.75) is 49.9 Å². The summed E-state index contributed by atoms with van der Waals surface area (Å²) in [6, 6.07) is 9.68. The van der Waals surface area contributed by atoms with Gasteiger partial charge in [-0.15, -0.1) is 0 Å². The van der Waals surface area contributed by atoms with E-state index in [9.17, 15) is 34.2 Å². The fraction of sp³-hybridized carbons (Fsp3) is 0.346. The number of nitrogens with one attached hydrogen (secondary N) is 3. The third kappa shape index (κ3) is 10.7. The molecule has 0 saturated carbocycles. The van der Waals surface area contributed by atoms with Gasteiger partial charge >= 0.3 is 11.9 Å². The van der Waals surface area contributed by atoms with Crippen molar-refractivity contribution in [3.63, 3.8) is 0 Å². The molecule has 0 bridgehead atoms. The van der Waals surface area contributed by atoms with Crippen LogP contribution in [-0.2, 0) is 36.8 Å². The molecule has 0 radical (unpaired) electrons. The molecule has 0 heterocycles. The van der Waals surface area contributed by atoms with Gasteiger partial charge in [0.25, 0.3) is 0 Å². The highest BCUT2D eigenvalue weighted by Gasteiger charge is 2.30. The standard InChI is InChI=1S/C26H32N4O8S/c27-18(10-11-22(32)33)23(34)28-19(13-16-6-8-17(31)9-7-16)24(35)29-20(12-15-4-2-1-3-5-15)25(36)30-21(14-39)26(37)38/h1-9,18-21,31,39H,10-14,27H2,(H,28,34)(H,29,35)(H,30,36)(H,32,33)(H,37,38). The average Bonchev–Trinajstić information content (AvgIpc) is 2.90. The van der Waals surface area contributed by atoms with E-state index in [4.69, 9.17) is 10.8 Å². The monoisotopic (exact) mass is 560 g/mol. The van der Waals surface area contributed by atoms with Crippen LogP contribution in [0.2, 0.25) is 0 Å². The Hall–Kier alpha value is -4.10. The summed E-state index contributed by atoms with van der Waals surface area (Å²) >= 11 is 3.95. The number of carbonyl (C=O) groups is 5. The highest BCUT2D eigenvalue weighted by atomic mass is 32.1. The van der Waals surface area contributed by atoms with Gasteiger partial charge in [-0.1, -0.05) is 42.5 Å². The fourth-order valence-electron chi connectivity index (χ4n) is 3.56. The molecule has 39 heavy (non-hydrogen) atoms. The van der Waals surface area contributed by atoms with Crippen LogP contribution in [0, 0.1) is 0 Å². The third-order valence-electron chi connectivity index (χ3n) is 5.73. The van der Waals surface area contributed by atoms with Crippen molar-refractivity contribution in [1.82, 2.24) is 16.0 Å². The topological polar surface area (TPSA) is 208 Å². The number of carbonyl (C=O) groups excluding carboxylic acids is 3. The van der Waals surface area contributed by atoms with Crippen molar-refractivity contribution in [3.8, 4) is 5.75 Å². The lowest BCUT2D eigenvalue weighted by molar-refractivity contribution is -0.141. The Morgan fingerprint density at radius 1 is 0.744 bits per heavy atom. The van der Waals surface area contributed by atoms with Crippen LogP contribution in [0.3, 0.4) is 0 Å². The number of rotatable bonds is 15. The number of aliphatic carboxylic acids is 2. The van der Waals surface area contributed by atoms with Gasteiger partial charge in [-0.25, -0.2) is 4.79 Å². The Kier molecular flexibility index (Phi) is 12.2. The SMILES string of the molecule is NC(CCC(=O)O)C(=O)NC(Cc1ccc(O)cc1)C(=O)NC(Cc1ccccc1)C(=O)NC(CS)C(=O)O. The van der Waals surface area contributed by atoms with Crippen LogP contribution >= 0.6 is 12.6 Å². The molecule has 0 aliphatic rings. The molecule has 0 saturated heterocycles. The van der Waals surface area contributed by atoms with Crippen molar-refractivity contribution in [2.24, 2.45) is 5.73 Å². The number of hydrogen-bond donors (Lipinski definition) is 8. The molecule has 3 amide bonds. The maximum atomic E-state index is 13.4. The van der Waals surface area contributed by atoms with Crippen LogP contribution in [-0.4, -0.2) is 74.9 Å². The molecule has 0 aromatic heterocycles. The largest absolute Gasteiger partial charge is 0.508 e. The van der Waals surface area contributed by atoms with Crippen LogP contribution in [0.15, 0.2) is 54.6 Å². The zero-order valence-corrected chi connectivity index (χ0v) is 21.8. The lowest BCUT2D eigenvalue weighted by atomic mass is 10.0. The molecule has 2 aromatic carbocycles. The molecule has 0 aliphatic carbocycles. The van der Waals surface area contributed by atoms with Crippen LogP contribution in [0.4, 0.5) is 0 Å². The number of nitrogens with two attached hydrogens (primary N) is 1. The van der Waals surface area contributed by atoms with Crippen molar-refractivity contribution in [3.05, 3.63) is 65.7 Å². The lowest BCUT2D eigenvalue weighted by Crippen LogP contribution is -2.58. The van der Waals surface area contributed by atoms with Gasteiger partial charge in [0.15, 0.2) is 0 Å². The molecule has 4 unspecified atom stereocenters. The molecule has 0 fully saturated rings. The summed E-state index contributed by atoms with van der Waals surface area (Å²) in [5, 5.41) is 35.2. The van der Waals surface area contributed by atoms with E-state index in [1.807, 2.05) is 0 Å². The molecule has 2 rings (SSSR count). The number of carboxylic acid groups (broad SMARTS) is 2. The maximum Gasteiger partial charge on any atom is 0.327 e. The first kappa shape index (κ1) is 31.1. The maximum absolute atomic E-state index is 13.4. The summed E-state index contributed by atoms with van der Waals surface area (Å²) in [7, 11) is 0. The molecule has 0 spiro atoms. The van der Waals surface area contributed by atoms with E-state index in [0.29, 0.717) is 11.1 Å². The molecule has 210 valence electrons. The number of phenols is 1. The fourth-order valence-corrected chi connectivity index (χ4v) is 3.80. The van der Waals surface area contributed by atoms with Crippen molar-refractivity contribution in [1.29, 1.82) is 0 Å². The molecule has 0 aliphatic heterocycles. The minimum atomic E-state index is -1.30. The normalized spacial score (nSPS) is 13.8. The molecule has 8 N–H and O–H groups in total. The Balaban J connectivity index is 2.29. The Bertz CT molecular complexity index is 1150. The zero-order chi connectivity index (χ0) is 28.9. The predicted octanol–water partition coefficient (Wildman–Crippen LogP) is -0.162. The number of thiol groups is 1. The molecule has 2 aromatic rings. The molecule has 12 nitrogen and oxygen atoms in total. The molecular formula is C26H32N4O8S. The first-order valence-electron chi connectivity index (χ1n) is 12.0. The second kappa shape index (κ2) is 15.3. The molecular weight excluding hydrogens is 528 g/mol. The second-order valence-electron chi connectivity index (χ2n) is 8.80. The van der Waals surface area contributed by atoms with Gasteiger partial charge in [-0.3, -0.25) is 19.2 Å². The van der Waals surface area contributed by atoms with Gasteiger partial charge in [0.1, 0.15) is 23.9 Å². The van der Waals surface area contributed by atoms with Gasteiger partial charge in [-0.2, -0.15) is 12.6 Å². The van der Waals surface area contributed by atoms with Gasteiger partial charge in [0, 0.05) is 25.0 Å². The van der Waals surface area contributed by atoms with Crippen LogP contribution in [0.25, 0.3) is 0 Å². The van der Waals surface area contributed by atoms with Gasteiger partial charge in [0.2, 0.25) is 17.7 Å². The quantitative estimate of drug-likeness (QED) is 0.136. The summed E-state index contributed by atoms with van der Waals surface area (Å²) in [6.07, 6.45) is -0.528. The smallest absolute Gasteiger partial charge is 0.327 e. The first-order valence-corrected chi connectivity index (χ1v) is 12.7. The van der Waals surface area contributed by atoms with E-state index in [-0.39, 0.29) is 37.2 Å². The molecule has 13 heteroatoms. The highest BCUT2D eigenvalue weighted by molar-refractivity contribution is 7.80.